The highest BCUT2D eigenvalue weighted by Crippen LogP contribution is 2.24. The van der Waals surface area contributed by atoms with Crippen molar-refractivity contribution < 1.29 is 14.6 Å². The van der Waals surface area contributed by atoms with Crippen LogP contribution in [0.1, 0.15) is 16.8 Å². The van der Waals surface area contributed by atoms with Crippen LogP contribution in [0.15, 0.2) is 78.9 Å². The van der Waals surface area contributed by atoms with Crippen molar-refractivity contribution in [3.05, 3.63) is 95.7 Å². The number of aromatic hydroxyl groups is 1. The first-order valence-corrected chi connectivity index (χ1v) is 9.13. The Kier molecular flexibility index (Phi) is 5.11. The summed E-state index contributed by atoms with van der Waals surface area (Å²) < 4.78 is 11.4. The van der Waals surface area contributed by atoms with Gasteiger partial charge >= 0.3 is 0 Å². The second kappa shape index (κ2) is 8.01. The smallest absolute Gasteiger partial charge is 0.145 e. The number of benzene rings is 3. The monoisotopic (exact) mass is 371 g/mol. The Balaban J connectivity index is 1.47. The molecule has 0 aliphatic rings. The summed E-state index contributed by atoms with van der Waals surface area (Å²) in [4.78, 5) is 4.69. The first kappa shape index (κ1) is 17.9. The molecule has 140 valence electrons. The van der Waals surface area contributed by atoms with Gasteiger partial charge in [0.1, 0.15) is 29.4 Å². The molecule has 0 atom stereocenters. The van der Waals surface area contributed by atoms with Crippen LogP contribution in [-0.2, 0) is 13.0 Å². The van der Waals surface area contributed by atoms with E-state index in [2.05, 4.69) is 11.1 Å². The molecule has 1 N–H and O–H groups in total. The third-order valence-corrected chi connectivity index (χ3v) is 4.59. The van der Waals surface area contributed by atoms with Crippen molar-refractivity contribution in [1.82, 2.24) is 4.98 Å². The summed E-state index contributed by atoms with van der Waals surface area (Å²) in [7, 11) is 1.65. The number of nitrogens with zero attached hydrogens (tertiary/aromatic N) is 1. The van der Waals surface area contributed by atoms with Crippen LogP contribution in [0.5, 0.6) is 17.2 Å². The molecule has 0 aliphatic heterocycles. The summed E-state index contributed by atoms with van der Waals surface area (Å²) in [6.45, 7) is 0.386. The lowest BCUT2D eigenvalue weighted by Gasteiger charge is -2.10. The van der Waals surface area contributed by atoms with Gasteiger partial charge in [-0.05, 0) is 53.9 Å². The maximum absolute atomic E-state index is 9.41. The largest absolute Gasteiger partial charge is 0.508 e. The highest BCUT2D eigenvalue weighted by Gasteiger charge is 2.05. The molecule has 0 bridgehead atoms. The zero-order chi connectivity index (χ0) is 19.3. The summed E-state index contributed by atoms with van der Waals surface area (Å²) in [5.41, 5.74) is 3.97. The molecule has 4 nitrogen and oxygen atoms in total. The van der Waals surface area contributed by atoms with Gasteiger partial charge in [0.15, 0.2) is 0 Å². The van der Waals surface area contributed by atoms with Gasteiger partial charge in [-0.3, -0.25) is 0 Å². The fourth-order valence-corrected chi connectivity index (χ4v) is 3.16. The number of phenolic OH excluding ortho intramolecular Hbond substituents is 1. The SMILES string of the molecule is COc1cccc2ccc(COc3cccc(Cc4ccc(O)cc4)c3)nc12. The van der Waals surface area contributed by atoms with Crippen LogP contribution in [0.25, 0.3) is 10.9 Å². The number of aromatic nitrogens is 1. The summed E-state index contributed by atoms with van der Waals surface area (Å²) in [5, 5.41) is 10.5. The molecule has 0 saturated heterocycles. The summed E-state index contributed by atoms with van der Waals surface area (Å²) >= 11 is 0. The van der Waals surface area contributed by atoms with E-state index < -0.39 is 0 Å². The van der Waals surface area contributed by atoms with Gasteiger partial charge in [-0.2, -0.15) is 0 Å². The fourth-order valence-electron chi connectivity index (χ4n) is 3.16. The Bertz CT molecular complexity index is 1090. The van der Waals surface area contributed by atoms with Crippen molar-refractivity contribution in [2.75, 3.05) is 7.11 Å². The van der Waals surface area contributed by atoms with Gasteiger partial charge in [-0.15, -0.1) is 0 Å². The number of phenols is 1. The average Bonchev–Trinajstić information content (AvgIpc) is 2.73. The van der Waals surface area contributed by atoms with E-state index in [-0.39, 0.29) is 5.75 Å². The number of rotatable bonds is 6. The highest BCUT2D eigenvalue weighted by atomic mass is 16.5. The molecule has 1 heterocycles. The number of ether oxygens (including phenoxy) is 2. The topological polar surface area (TPSA) is 51.6 Å². The Labute approximate surface area is 164 Å². The van der Waals surface area contributed by atoms with E-state index in [1.165, 1.54) is 0 Å². The van der Waals surface area contributed by atoms with Gasteiger partial charge in [0.2, 0.25) is 0 Å². The van der Waals surface area contributed by atoms with Crippen LogP contribution in [0, 0.1) is 0 Å². The van der Waals surface area contributed by atoms with Crippen molar-refractivity contribution in [3.8, 4) is 17.2 Å². The molecular weight excluding hydrogens is 350 g/mol. The lowest BCUT2D eigenvalue weighted by atomic mass is 10.0. The van der Waals surface area contributed by atoms with Gasteiger partial charge in [0.25, 0.3) is 0 Å². The van der Waals surface area contributed by atoms with E-state index in [1.54, 1.807) is 19.2 Å². The first-order chi connectivity index (χ1) is 13.7. The Morgan fingerprint density at radius 1 is 0.857 bits per heavy atom. The number of hydrogen-bond acceptors (Lipinski definition) is 4. The summed E-state index contributed by atoms with van der Waals surface area (Å²) in [6.07, 6.45) is 0.781. The lowest BCUT2D eigenvalue weighted by molar-refractivity contribution is 0.301. The van der Waals surface area contributed by atoms with Crippen LogP contribution < -0.4 is 9.47 Å². The van der Waals surface area contributed by atoms with E-state index in [4.69, 9.17) is 9.47 Å². The molecule has 0 fully saturated rings. The summed E-state index contributed by atoms with van der Waals surface area (Å²) in [6, 6.07) is 25.2. The molecule has 1 aromatic heterocycles. The van der Waals surface area contributed by atoms with Gasteiger partial charge in [0, 0.05) is 5.39 Å². The molecule has 4 rings (SSSR count). The standard InChI is InChI=1S/C24H21NO3/c1-27-23-7-3-5-19-10-11-20(25-24(19)23)16-28-22-6-2-4-18(15-22)14-17-8-12-21(26)13-9-17/h2-13,15,26H,14,16H2,1H3. The Morgan fingerprint density at radius 3 is 2.50 bits per heavy atom. The minimum atomic E-state index is 0.278. The third-order valence-electron chi connectivity index (χ3n) is 4.59. The lowest BCUT2D eigenvalue weighted by Crippen LogP contribution is -2.00. The highest BCUT2D eigenvalue weighted by molar-refractivity contribution is 5.84. The van der Waals surface area contributed by atoms with Crippen LogP contribution in [0.4, 0.5) is 0 Å². The molecule has 0 radical (unpaired) electrons. The zero-order valence-corrected chi connectivity index (χ0v) is 15.6. The maximum Gasteiger partial charge on any atom is 0.145 e. The molecule has 4 heteroatoms. The number of pyridine rings is 1. The number of methoxy groups -OCH3 is 1. The molecule has 4 aromatic rings. The van der Waals surface area contributed by atoms with Crippen molar-refractivity contribution in [1.29, 1.82) is 0 Å². The first-order valence-electron chi connectivity index (χ1n) is 9.13. The predicted molar refractivity (Wildman–Crippen MR) is 110 cm³/mol. The second-order valence-electron chi connectivity index (χ2n) is 6.61. The molecule has 3 aromatic carbocycles. The van der Waals surface area contributed by atoms with Gasteiger partial charge in [-0.1, -0.05) is 42.5 Å². The van der Waals surface area contributed by atoms with Gasteiger partial charge < -0.3 is 14.6 Å². The number of para-hydroxylation sites is 1. The molecule has 0 spiro atoms. The molecule has 0 unspecified atom stereocenters. The molecule has 0 amide bonds. The van der Waals surface area contributed by atoms with Crippen LogP contribution in [-0.4, -0.2) is 17.2 Å². The molecule has 0 aliphatic carbocycles. The fraction of sp³-hybridized carbons (Fsp3) is 0.125. The van der Waals surface area contributed by atoms with E-state index in [0.29, 0.717) is 6.61 Å². The van der Waals surface area contributed by atoms with Crippen LogP contribution in [0.2, 0.25) is 0 Å². The van der Waals surface area contributed by atoms with Crippen LogP contribution in [0.3, 0.4) is 0 Å². The predicted octanol–water partition coefficient (Wildman–Crippen LogP) is 5.12. The van der Waals surface area contributed by atoms with Crippen molar-refractivity contribution in [3.63, 3.8) is 0 Å². The normalized spacial score (nSPS) is 10.8. The van der Waals surface area contributed by atoms with Gasteiger partial charge in [0.05, 0.1) is 12.8 Å². The minimum absolute atomic E-state index is 0.278. The van der Waals surface area contributed by atoms with E-state index in [9.17, 15) is 5.11 Å². The molecule has 28 heavy (non-hydrogen) atoms. The average molecular weight is 371 g/mol. The quantitative estimate of drug-likeness (QED) is 0.511. The van der Waals surface area contributed by atoms with Gasteiger partial charge in [-0.25, -0.2) is 4.98 Å². The third kappa shape index (κ3) is 4.07. The van der Waals surface area contributed by atoms with E-state index >= 15 is 0 Å². The van der Waals surface area contributed by atoms with Crippen molar-refractivity contribution in [2.45, 2.75) is 13.0 Å². The zero-order valence-electron chi connectivity index (χ0n) is 15.6. The number of hydrogen-bond donors (Lipinski definition) is 1. The molecular formula is C24H21NO3. The Morgan fingerprint density at radius 2 is 1.68 bits per heavy atom. The van der Waals surface area contributed by atoms with E-state index in [1.807, 2.05) is 60.7 Å². The minimum Gasteiger partial charge on any atom is -0.508 e. The van der Waals surface area contributed by atoms with Crippen LogP contribution >= 0.6 is 0 Å². The summed E-state index contributed by atoms with van der Waals surface area (Å²) in [5.74, 6) is 1.84. The molecule has 0 saturated carbocycles. The van der Waals surface area contributed by atoms with Crippen molar-refractivity contribution >= 4 is 10.9 Å². The van der Waals surface area contributed by atoms with Crippen molar-refractivity contribution in [2.24, 2.45) is 0 Å². The van der Waals surface area contributed by atoms with E-state index in [0.717, 1.165) is 45.6 Å². The maximum atomic E-state index is 9.41. The number of fused-ring (bicyclic) bond motifs is 1. The Hall–Kier alpha value is -3.53. The second-order valence-corrected chi connectivity index (χ2v) is 6.61.